The van der Waals surface area contributed by atoms with E-state index in [1.807, 2.05) is 30.3 Å². The van der Waals surface area contributed by atoms with Crippen molar-refractivity contribution in [3.8, 4) is 5.75 Å². The van der Waals surface area contributed by atoms with E-state index in [9.17, 15) is 0 Å². The number of fused-ring (bicyclic) bond motifs is 1. The van der Waals surface area contributed by atoms with Gasteiger partial charge in [-0.15, -0.1) is 0 Å². The summed E-state index contributed by atoms with van der Waals surface area (Å²) in [5.41, 5.74) is 1.17. The molecule has 0 bridgehead atoms. The fourth-order valence-electron chi connectivity index (χ4n) is 1.06. The van der Waals surface area contributed by atoms with Crippen molar-refractivity contribution in [2.45, 2.75) is 0 Å². The van der Waals surface area contributed by atoms with Gasteiger partial charge in [0.25, 0.3) is 0 Å². The van der Waals surface area contributed by atoms with E-state index in [1.165, 1.54) is 5.56 Å². The van der Waals surface area contributed by atoms with Gasteiger partial charge in [0.1, 0.15) is 12.4 Å². The van der Waals surface area contributed by atoms with Gasteiger partial charge in [-0.2, -0.15) is 0 Å². The molecule has 0 unspecified atom stereocenters. The first-order valence-electron chi connectivity index (χ1n) is 3.35. The van der Waals surface area contributed by atoms with Gasteiger partial charge in [0.05, 0.1) is 8.41 Å². The number of para-hydroxylation sites is 1. The standard InChI is InChI=1S/C9H8O.BH3.Ni.H4Si/c1-2-6-9-8(4-1)5-3-7-10-9;;;/h1-6H,7H2;1H3;;1H4. The summed E-state index contributed by atoms with van der Waals surface area (Å²) >= 11 is 0. The fourth-order valence-corrected chi connectivity index (χ4v) is 1.06. The van der Waals surface area contributed by atoms with Crippen molar-refractivity contribution in [1.29, 1.82) is 0 Å². The van der Waals surface area contributed by atoms with Gasteiger partial charge >= 0.3 is 0 Å². The predicted molar refractivity (Wildman–Crippen MR) is 62.2 cm³/mol. The molecule has 0 N–H and O–H groups in total. The summed E-state index contributed by atoms with van der Waals surface area (Å²) in [5, 5.41) is 0. The van der Waals surface area contributed by atoms with Crippen LogP contribution in [0.1, 0.15) is 5.56 Å². The Morgan fingerprint density at radius 1 is 1.15 bits per heavy atom. The van der Waals surface area contributed by atoms with Gasteiger partial charge in [-0.1, -0.05) is 24.3 Å². The SMILES string of the molecule is B.C1=Cc2ccccc2OC1.[Ni].[SiH4]. The van der Waals surface area contributed by atoms with Gasteiger partial charge in [0.15, 0.2) is 0 Å². The first-order valence-corrected chi connectivity index (χ1v) is 3.35. The van der Waals surface area contributed by atoms with E-state index in [-0.39, 0.29) is 35.9 Å². The summed E-state index contributed by atoms with van der Waals surface area (Å²) in [4.78, 5) is 0. The fraction of sp³-hybridized carbons (Fsp3) is 0.111. The smallest absolute Gasteiger partial charge is 0.126 e. The van der Waals surface area contributed by atoms with Crippen LogP contribution in [0, 0.1) is 0 Å². The van der Waals surface area contributed by atoms with E-state index in [4.69, 9.17) is 4.74 Å². The molecule has 0 aliphatic carbocycles. The molecule has 0 amide bonds. The molecule has 0 fully saturated rings. The number of hydrogen-bond acceptors (Lipinski definition) is 1. The summed E-state index contributed by atoms with van der Waals surface area (Å²) < 4.78 is 5.34. The van der Waals surface area contributed by atoms with Gasteiger partial charge in [-0.3, -0.25) is 0 Å². The predicted octanol–water partition coefficient (Wildman–Crippen LogP) is -0.546. The van der Waals surface area contributed by atoms with Crippen LogP contribution in [0.25, 0.3) is 6.08 Å². The van der Waals surface area contributed by atoms with Gasteiger partial charge in [0, 0.05) is 22.1 Å². The third-order valence-corrected chi connectivity index (χ3v) is 1.55. The largest absolute Gasteiger partial charge is 0.489 e. The average Bonchev–Trinajstić information content (AvgIpc) is 2.05. The van der Waals surface area contributed by atoms with Crippen molar-refractivity contribution in [3.63, 3.8) is 0 Å². The quantitative estimate of drug-likeness (QED) is 0.550. The zero-order chi connectivity index (χ0) is 6.81. The summed E-state index contributed by atoms with van der Waals surface area (Å²) in [7, 11) is 0. The molecule has 13 heavy (non-hydrogen) atoms. The minimum absolute atomic E-state index is 0. The summed E-state index contributed by atoms with van der Waals surface area (Å²) in [5.74, 6) is 0.991. The normalized spacial score (nSPS) is 10.8. The Labute approximate surface area is 95.1 Å². The van der Waals surface area contributed by atoms with E-state index in [0.717, 1.165) is 5.75 Å². The van der Waals surface area contributed by atoms with Crippen LogP contribution in [0.4, 0.5) is 0 Å². The molecule has 0 saturated heterocycles. The molecule has 2 rings (SSSR count). The second kappa shape index (κ2) is 6.99. The van der Waals surface area contributed by atoms with Crippen LogP contribution in [0.5, 0.6) is 5.75 Å². The molecule has 0 atom stereocenters. The van der Waals surface area contributed by atoms with Crippen molar-refractivity contribution in [2.75, 3.05) is 6.61 Å². The Hall–Kier alpha value is -0.465. The van der Waals surface area contributed by atoms with Crippen molar-refractivity contribution in [2.24, 2.45) is 0 Å². The second-order valence-corrected chi connectivity index (χ2v) is 2.25. The first-order chi connectivity index (χ1) is 4.97. The Balaban J connectivity index is 0. The van der Waals surface area contributed by atoms with E-state index in [0.29, 0.717) is 6.61 Å². The topological polar surface area (TPSA) is 9.23 Å². The van der Waals surface area contributed by atoms with Crippen molar-refractivity contribution >= 4 is 25.5 Å². The zero-order valence-corrected chi connectivity index (χ0v) is 6.88. The molecule has 1 heterocycles. The minimum Gasteiger partial charge on any atom is -0.489 e. The molecule has 0 radical (unpaired) electrons. The molecule has 1 aliphatic heterocycles. The van der Waals surface area contributed by atoms with Crippen molar-refractivity contribution in [1.82, 2.24) is 0 Å². The number of rotatable bonds is 0. The monoisotopic (exact) mass is 236 g/mol. The average molecular weight is 237 g/mol. The third kappa shape index (κ3) is 3.41. The molecule has 0 aromatic heterocycles. The number of hydrogen-bond donors (Lipinski definition) is 0. The van der Waals surface area contributed by atoms with E-state index < -0.39 is 0 Å². The molecule has 0 saturated carbocycles. The molecule has 1 aliphatic rings. The third-order valence-electron chi connectivity index (χ3n) is 1.55. The molecule has 1 nitrogen and oxygen atoms in total. The van der Waals surface area contributed by atoms with E-state index in [1.54, 1.807) is 0 Å². The maximum atomic E-state index is 5.34. The Bertz CT molecular complexity index is 278. The molecule has 0 spiro atoms. The van der Waals surface area contributed by atoms with Crippen molar-refractivity contribution < 1.29 is 21.2 Å². The van der Waals surface area contributed by atoms with Gasteiger partial charge in [-0.05, 0) is 23.1 Å². The Morgan fingerprint density at radius 2 is 1.85 bits per heavy atom. The van der Waals surface area contributed by atoms with Crippen LogP contribution >= 0.6 is 0 Å². The summed E-state index contributed by atoms with van der Waals surface area (Å²) in [6.45, 7) is 0.705. The van der Waals surface area contributed by atoms with Gasteiger partial charge < -0.3 is 4.74 Å². The molecule has 1 aromatic rings. The van der Waals surface area contributed by atoms with Crippen LogP contribution in [0.2, 0.25) is 0 Å². The maximum absolute atomic E-state index is 5.34. The first kappa shape index (κ1) is 15.0. The molecular formula is C9H15BNiOSi. The van der Waals surface area contributed by atoms with E-state index in [2.05, 4.69) is 6.08 Å². The molecule has 4 heteroatoms. The van der Waals surface area contributed by atoms with Crippen LogP contribution < -0.4 is 4.74 Å². The van der Waals surface area contributed by atoms with Crippen LogP contribution in [0.3, 0.4) is 0 Å². The molecule has 1 aromatic carbocycles. The summed E-state index contributed by atoms with van der Waals surface area (Å²) in [6, 6.07) is 8.03. The van der Waals surface area contributed by atoms with Crippen LogP contribution in [-0.2, 0) is 16.5 Å². The van der Waals surface area contributed by atoms with Crippen molar-refractivity contribution in [3.05, 3.63) is 35.9 Å². The summed E-state index contributed by atoms with van der Waals surface area (Å²) in [6.07, 6.45) is 4.10. The maximum Gasteiger partial charge on any atom is 0.126 e. The van der Waals surface area contributed by atoms with Gasteiger partial charge in [-0.25, -0.2) is 0 Å². The Morgan fingerprint density at radius 3 is 2.54 bits per heavy atom. The van der Waals surface area contributed by atoms with Crippen LogP contribution in [-0.4, -0.2) is 26.0 Å². The number of benzene rings is 1. The zero-order valence-electron chi connectivity index (χ0n) is 5.90. The minimum atomic E-state index is 0. The Kier molecular flexibility index (Phi) is 8.08. The number of ether oxygens (including phenoxy) is 1. The van der Waals surface area contributed by atoms with E-state index >= 15 is 0 Å². The molecule has 74 valence electrons. The second-order valence-electron chi connectivity index (χ2n) is 2.25. The van der Waals surface area contributed by atoms with Crippen LogP contribution in [0.15, 0.2) is 30.3 Å². The van der Waals surface area contributed by atoms with Gasteiger partial charge in [0.2, 0.25) is 0 Å². The molecular weight excluding hydrogens is 222 g/mol.